The number of halogens is 2. The van der Waals surface area contributed by atoms with E-state index in [1.54, 1.807) is 37.3 Å². The van der Waals surface area contributed by atoms with Crippen molar-refractivity contribution in [3.05, 3.63) is 63.6 Å². The van der Waals surface area contributed by atoms with E-state index in [-0.39, 0.29) is 17.6 Å². The van der Waals surface area contributed by atoms with Crippen LogP contribution in [0.4, 0.5) is 0 Å². The van der Waals surface area contributed by atoms with Crippen LogP contribution in [0.15, 0.2) is 42.5 Å². The van der Waals surface area contributed by atoms with Gasteiger partial charge < -0.3 is 14.6 Å². The Bertz CT molecular complexity index is 875. The molecule has 2 rings (SSSR count). The number of carboxylic acids is 1. The van der Waals surface area contributed by atoms with Gasteiger partial charge >= 0.3 is 5.97 Å². The lowest BCUT2D eigenvalue weighted by molar-refractivity contribution is -0.130. The van der Waals surface area contributed by atoms with Crippen LogP contribution >= 0.6 is 23.2 Å². The number of rotatable bonds is 8. The van der Waals surface area contributed by atoms with Crippen LogP contribution in [-0.2, 0) is 11.4 Å². The smallest absolute Gasteiger partial charge is 0.335 e. The quantitative estimate of drug-likeness (QED) is 0.458. The van der Waals surface area contributed by atoms with Gasteiger partial charge in [0.2, 0.25) is 0 Å². The molecule has 0 aliphatic rings. The molecule has 0 radical (unpaired) electrons. The van der Waals surface area contributed by atoms with Crippen molar-refractivity contribution >= 4 is 34.7 Å². The third-order valence-electron chi connectivity index (χ3n) is 4.29. The van der Waals surface area contributed by atoms with Crippen LogP contribution in [-0.4, -0.2) is 17.7 Å². The Morgan fingerprint density at radius 3 is 2.28 bits per heavy atom. The zero-order chi connectivity index (χ0) is 21.6. The van der Waals surface area contributed by atoms with Gasteiger partial charge in [0.15, 0.2) is 5.75 Å². The van der Waals surface area contributed by atoms with Crippen LogP contribution in [0.1, 0.15) is 45.2 Å². The molecule has 0 bridgehead atoms. The molecular weight excluding hydrogens is 411 g/mol. The van der Waals surface area contributed by atoms with Gasteiger partial charge in [-0.1, -0.05) is 74.3 Å². The molecule has 0 aliphatic heterocycles. The Hall–Kier alpha value is -2.17. The second-order valence-corrected chi connectivity index (χ2v) is 8.64. The van der Waals surface area contributed by atoms with Crippen molar-refractivity contribution in [3.63, 3.8) is 0 Å². The van der Waals surface area contributed by atoms with Crippen molar-refractivity contribution in [2.24, 2.45) is 5.41 Å². The van der Waals surface area contributed by atoms with E-state index in [1.165, 1.54) is 0 Å². The SMILES string of the molecule is C/C=C(/C(=O)O)c1ccccc1COc1cc(Cl)c(OCCC(C)(C)C)c(Cl)c1. The van der Waals surface area contributed by atoms with Crippen molar-refractivity contribution in [3.8, 4) is 11.5 Å². The standard InChI is InChI=1S/C23H26Cl2O4/c1-5-17(22(26)27)18-9-7-6-8-15(18)14-29-16-12-19(24)21(20(25)13-16)28-11-10-23(2,3)4/h5-9,12-13H,10-11,14H2,1-4H3,(H,26,27)/b17-5+. The lowest BCUT2D eigenvalue weighted by Crippen LogP contribution is -2.11. The molecule has 4 nitrogen and oxygen atoms in total. The normalized spacial score (nSPS) is 12.0. The van der Waals surface area contributed by atoms with Gasteiger partial charge in [0.05, 0.1) is 22.2 Å². The molecule has 1 N–H and O–H groups in total. The van der Waals surface area contributed by atoms with Crippen LogP contribution in [0.25, 0.3) is 5.57 Å². The van der Waals surface area contributed by atoms with E-state index in [0.717, 1.165) is 12.0 Å². The summed E-state index contributed by atoms with van der Waals surface area (Å²) in [7, 11) is 0. The van der Waals surface area contributed by atoms with Gasteiger partial charge in [-0.25, -0.2) is 4.79 Å². The highest BCUT2D eigenvalue weighted by Crippen LogP contribution is 2.37. The highest BCUT2D eigenvalue weighted by Gasteiger charge is 2.16. The molecule has 0 amide bonds. The number of carbonyl (C=O) groups is 1. The van der Waals surface area contributed by atoms with Crippen molar-refractivity contribution in [1.82, 2.24) is 0 Å². The van der Waals surface area contributed by atoms with E-state index in [1.807, 2.05) is 12.1 Å². The number of allylic oxidation sites excluding steroid dienone is 1. The van der Waals surface area contributed by atoms with E-state index in [0.29, 0.717) is 33.7 Å². The Kier molecular flexibility index (Phi) is 8.00. The van der Waals surface area contributed by atoms with Crippen LogP contribution < -0.4 is 9.47 Å². The van der Waals surface area contributed by atoms with Crippen molar-refractivity contribution in [1.29, 1.82) is 0 Å². The molecule has 2 aromatic rings. The van der Waals surface area contributed by atoms with Gasteiger partial charge in [-0.05, 0) is 29.9 Å². The molecule has 0 unspecified atom stereocenters. The fraction of sp³-hybridized carbons (Fsp3) is 0.348. The fourth-order valence-corrected chi connectivity index (χ4v) is 3.26. The van der Waals surface area contributed by atoms with Gasteiger partial charge in [0.25, 0.3) is 0 Å². The van der Waals surface area contributed by atoms with E-state index >= 15 is 0 Å². The number of aliphatic carboxylic acids is 1. The van der Waals surface area contributed by atoms with Gasteiger partial charge in [-0.15, -0.1) is 0 Å². The highest BCUT2D eigenvalue weighted by molar-refractivity contribution is 6.37. The van der Waals surface area contributed by atoms with Gasteiger partial charge in [-0.3, -0.25) is 0 Å². The second kappa shape index (κ2) is 10.0. The average molecular weight is 437 g/mol. The monoisotopic (exact) mass is 436 g/mol. The number of benzene rings is 2. The molecule has 2 aromatic carbocycles. The maximum atomic E-state index is 11.5. The van der Waals surface area contributed by atoms with E-state index in [9.17, 15) is 9.90 Å². The van der Waals surface area contributed by atoms with Crippen molar-refractivity contribution in [2.45, 2.75) is 40.7 Å². The summed E-state index contributed by atoms with van der Waals surface area (Å²) >= 11 is 12.7. The summed E-state index contributed by atoms with van der Waals surface area (Å²) in [5, 5.41) is 10.1. The molecular formula is C23H26Cl2O4. The molecule has 29 heavy (non-hydrogen) atoms. The van der Waals surface area contributed by atoms with Crippen molar-refractivity contribution in [2.75, 3.05) is 6.61 Å². The largest absolute Gasteiger partial charge is 0.490 e. The minimum Gasteiger partial charge on any atom is -0.490 e. The van der Waals surface area contributed by atoms with E-state index in [2.05, 4.69) is 20.8 Å². The van der Waals surface area contributed by atoms with Crippen LogP contribution in [0, 0.1) is 5.41 Å². The van der Waals surface area contributed by atoms with Gasteiger partial charge in [-0.2, -0.15) is 0 Å². The lowest BCUT2D eigenvalue weighted by Gasteiger charge is -2.19. The Morgan fingerprint density at radius 2 is 1.72 bits per heavy atom. The molecule has 0 spiro atoms. The first kappa shape index (κ1) is 23.1. The summed E-state index contributed by atoms with van der Waals surface area (Å²) < 4.78 is 11.6. The van der Waals surface area contributed by atoms with Crippen molar-refractivity contribution < 1.29 is 19.4 Å². The lowest BCUT2D eigenvalue weighted by atomic mass is 9.93. The zero-order valence-electron chi connectivity index (χ0n) is 17.1. The Labute approximate surface area is 182 Å². The molecule has 0 saturated heterocycles. The van der Waals surface area contributed by atoms with Gasteiger partial charge in [0.1, 0.15) is 12.4 Å². The predicted octanol–water partition coefficient (Wildman–Crippen LogP) is 6.88. The number of ether oxygens (including phenoxy) is 2. The summed E-state index contributed by atoms with van der Waals surface area (Å²) in [6.07, 6.45) is 2.43. The summed E-state index contributed by atoms with van der Waals surface area (Å²) in [5.41, 5.74) is 1.74. The second-order valence-electron chi connectivity index (χ2n) is 7.83. The number of carboxylic acid groups (broad SMARTS) is 1. The molecule has 156 valence electrons. The molecule has 6 heteroatoms. The summed E-state index contributed by atoms with van der Waals surface area (Å²) in [5.74, 6) is -0.0643. The van der Waals surface area contributed by atoms with Gasteiger partial charge in [0, 0.05) is 12.1 Å². The molecule has 0 aromatic heterocycles. The molecule has 0 aliphatic carbocycles. The first-order chi connectivity index (χ1) is 13.6. The maximum absolute atomic E-state index is 11.5. The Balaban J connectivity index is 2.14. The minimum absolute atomic E-state index is 0.150. The van der Waals surface area contributed by atoms with Crippen LogP contribution in [0.5, 0.6) is 11.5 Å². The summed E-state index contributed by atoms with van der Waals surface area (Å²) in [6.45, 7) is 8.79. The topological polar surface area (TPSA) is 55.8 Å². The van der Waals surface area contributed by atoms with Crippen LogP contribution in [0.3, 0.4) is 0 Å². The molecule has 0 fully saturated rings. The molecule has 0 atom stereocenters. The summed E-state index contributed by atoms with van der Waals surface area (Å²) in [4.78, 5) is 11.5. The van der Waals surface area contributed by atoms with Crippen LogP contribution in [0.2, 0.25) is 10.0 Å². The van der Waals surface area contributed by atoms with E-state index in [4.69, 9.17) is 32.7 Å². The third-order valence-corrected chi connectivity index (χ3v) is 4.85. The highest BCUT2D eigenvalue weighted by atomic mass is 35.5. The number of hydrogen-bond donors (Lipinski definition) is 1. The minimum atomic E-state index is -0.984. The van der Waals surface area contributed by atoms with E-state index < -0.39 is 5.97 Å². The first-order valence-electron chi connectivity index (χ1n) is 9.35. The average Bonchev–Trinajstić information content (AvgIpc) is 2.62. The first-order valence-corrected chi connectivity index (χ1v) is 10.1. The summed E-state index contributed by atoms with van der Waals surface area (Å²) in [6, 6.07) is 10.5. The number of hydrogen-bond acceptors (Lipinski definition) is 3. The zero-order valence-corrected chi connectivity index (χ0v) is 18.6. The molecule has 0 saturated carbocycles. The third kappa shape index (κ3) is 6.69. The predicted molar refractivity (Wildman–Crippen MR) is 118 cm³/mol. The molecule has 0 heterocycles. The Morgan fingerprint density at radius 1 is 1.10 bits per heavy atom. The maximum Gasteiger partial charge on any atom is 0.335 e. The fourth-order valence-electron chi connectivity index (χ4n) is 2.68.